The van der Waals surface area contributed by atoms with E-state index in [0.717, 1.165) is 18.5 Å². The molecule has 1 fully saturated rings. The van der Waals surface area contributed by atoms with E-state index in [1.54, 1.807) is 24.3 Å². The van der Waals surface area contributed by atoms with Gasteiger partial charge in [0, 0.05) is 31.7 Å². The molecule has 1 aromatic heterocycles. The van der Waals surface area contributed by atoms with Crippen LogP contribution in [0.1, 0.15) is 12.8 Å². The predicted molar refractivity (Wildman–Crippen MR) is 58.4 cm³/mol. The van der Waals surface area contributed by atoms with E-state index < -0.39 is 0 Å². The van der Waals surface area contributed by atoms with Gasteiger partial charge in [0.05, 0.1) is 5.41 Å². The van der Waals surface area contributed by atoms with Gasteiger partial charge in [-0.3, -0.25) is 9.78 Å². The van der Waals surface area contributed by atoms with Gasteiger partial charge in [0.1, 0.15) is 0 Å². The molecular formula is C11H15N3O. The standard InChI is InChI=1S/C11H15N3O/c1-14(9-2-6-13-7-3-9)10(15)11(8-12)4-5-11/h2-3,6-7H,4-5,8,12H2,1H3. The van der Waals surface area contributed by atoms with Crippen molar-refractivity contribution in [1.29, 1.82) is 0 Å². The van der Waals surface area contributed by atoms with Crippen LogP contribution in [0.3, 0.4) is 0 Å². The Morgan fingerprint density at radius 2 is 2.13 bits per heavy atom. The molecule has 1 heterocycles. The molecule has 4 heteroatoms. The summed E-state index contributed by atoms with van der Waals surface area (Å²) >= 11 is 0. The SMILES string of the molecule is CN(C(=O)C1(CN)CC1)c1ccncc1. The third-order valence-electron chi connectivity index (χ3n) is 3.05. The van der Waals surface area contributed by atoms with E-state index in [-0.39, 0.29) is 11.3 Å². The second-order valence-corrected chi connectivity index (χ2v) is 4.05. The summed E-state index contributed by atoms with van der Waals surface area (Å²) in [5.41, 5.74) is 6.22. The number of hydrogen-bond acceptors (Lipinski definition) is 3. The van der Waals surface area contributed by atoms with Crippen molar-refractivity contribution in [3.63, 3.8) is 0 Å². The Balaban J connectivity index is 2.15. The molecule has 1 saturated carbocycles. The minimum Gasteiger partial charge on any atom is -0.329 e. The van der Waals surface area contributed by atoms with Gasteiger partial charge in [-0.2, -0.15) is 0 Å². The van der Waals surface area contributed by atoms with Crippen LogP contribution in [0.4, 0.5) is 5.69 Å². The van der Waals surface area contributed by atoms with E-state index in [9.17, 15) is 4.79 Å². The Hall–Kier alpha value is -1.42. The minimum absolute atomic E-state index is 0.121. The highest BCUT2D eigenvalue weighted by molar-refractivity contribution is 5.99. The first-order valence-electron chi connectivity index (χ1n) is 5.08. The summed E-state index contributed by atoms with van der Waals surface area (Å²) in [6.07, 6.45) is 5.19. The van der Waals surface area contributed by atoms with Gasteiger partial charge in [-0.25, -0.2) is 0 Å². The molecule has 15 heavy (non-hydrogen) atoms. The van der Waals surface area contributed by atoms with Crippen LogP contribution in [0.15, 0.2) is 24.5 Å². The number of hydrogen-bond donors (Lipinski definition) is 1. The van der Waals surface area contributed by atoms with Crippen LogP contribution in [0, 0.1) is 5.41 Å². The molecule has 0 aromatic carbocycles. The smallest absolute Gasteiger partial charge is 0.234 e. The van der Waals surface area contributed by atoms with Gasteiger partial charge in [0.2, 0.25) is 5.91 Å². The summed E-state index contributed by atoms with van der Waals surface area (Å²) in [5.74, 6) is 0.121. The quantitative estimate of drug-likeness (QED) is 0.793. The Bertz CT molecular complexity index is 359. The Labute approximate surface area is 89.1 Å². The first-order chi connectivity index (χ1) is 7.19. The van der Waals surface area contributed by atoms with E-state index in [1.807, 2.05) is 12.1 Å². The van der Waals surface area contributed by atoms with Gasteiger partial charge in [-0.05, 0) is 25.0 Å². The van der Waals surface area contributed by atoms with E-state index in [2.05, 4.69) is 4.98 Å². The van der Waals surface area contributed by atoms with Crippen molar-refractivity contribution < 1.29 is 4.79 Å². The lowest BCUT2D eigenvalue weighted by Crippen LogP contribution is -2.38. The van der Waals surface area contributed by atoms with Crippen molar-refractivity contribution in [1.82, 2.24) is 4.98 Å². The fourth-order valence-electron chi connectivity index (χ4n) is 1.70. The molecule has 0 spiro atoms. The molecule has 1 aliphatic rings. The van der Waals surface area contributed by atoms with E-state index in [4.69, 9.17) is 5.73 Å². The third-order valence-corrected chi connectivity index (χ3v) is 3.05. The van der Waals surface area contributed by atoms with Crippen LogP contribution in [0.25, 0.3) is 0 Å². The highest BCUT2D eigenvalue weighted by atomic mass is 16.2. The van der Waals surface area contributed by atoms with Crippen LogP contribution in [-0.2, 0) is 4.79 Å². The van der Waals surface area contributed by atoms with Crippen molar-refractivity contribution in [3.05, 3.63) is 24.5 Å². The third kappa shape index (κ3) is 1.72. The van der Waals surface area contributed by atoms with Crippen molar-refractivity contribution in [2.45, 2.75) is 12.8 Å². The van der Waals surface area contributed by atoms with Crippen LogP contribution < -0.4 is 10.6 Å². The fourth-order valence-corrected chi connectivity index (χ4v) is 1.70. The van der Waals surface area contributed by atoms with E-state index in [0.29, 0.717) is 6.54 Å². The summed E-state index contributed by atoms with van der Waals surface area (Å²) in [7, 11) is 1.79. The summed E-state index contributed by atoms with van der Waals surface area (Å²) in [6.45, 7) is 0.446. The van der Waals surface area contributed by atoms with Gasteiger partial charge < -0.3 is 10.6 Å². The van der Waals surface area contributed by atoms with Gasteiger partial charge in [-0.15, -0.1) is 0 Å². The molecule has 1 aliphatic carbocycles. The molecule has 80 valence electrons. The number of carbonyl (C=O) groups is 1. The molecule has 0 aliphatic heterocycles. The molecule has 0 unspecified atom stereocenters. The highest BCUT2D eigenvalue weighted by Crippen LogP contribution is 2.46. The number of carbonyl (C=O) groups excluding carboxylic acids is 1. The maximum Gasteiger partial charge on any atom is 0.234 e. The number of rotatable bonds is 3. The molecule has 4 nitrogen and oxygen atoms in total. The summed E-state index contributed by atoms with van der Waals surface area (Å²) in [6, 6.07) is 3.65. The van der Waals surface area contributed by atoms with Crippen LogP contribution in [0.5, 0.6) is 0 Å². The van der Waals surface area contributed by atoms with Crippen molar-refractivity contribution in [2.24, 2.45) is 11.1 Å². The maximum atomic E-state index is 12.1. The number of anilines is 1. The molecule has 1 amide bonds. The van der Waals surface area contributed by atoms with Crippen LogP contribution in [0.2, 0.25) is 0 Å². The summed E-state index contributed by atoms with van der Waals surface area (Å²) in [4.78, 5) is 17.7. The zero-order chi connectivity index (χ0) is 10.9. The second-order valence-electron chi connectivity index (χ2n) is 4.05. The van der Waals surface area contributed by atoms with Gasteiger partial charge in [0.25, 0.3) is 0 Å². The molecule has 2 N–H and O–H groups in total. The van der Waals surface area contributed by atoms with Crippen LogP contribution in [-0.4, -0.2) is 24.5 Å². The monoisotopic (exact) mass is 205 g/mol. The lowest BCUT2D eigenvalue weighted by Gasteiger charge is -2.22. The summed E-state index contributed by atoms with van der Waals surface area (Å²) in [5, 5.41) is 0. The lowest BCUT2D eigenvalue weighted by atomic mass is 10.1. The average molecular weight is 205 g/mol. The maximum absolute atomic E-state index is 12.1. The molecule has 0 radical (unpaired) electrons. The van der Waals surface area contributed by atoms with Crippen molar-refractivity contribution >= 4 is 11.6 Å². The fraction of sp³-hybridized carbons (Fsp3) is 0.455. The Morgan fingerprint density at radius 1 is 1.53 bits per heavy atom. The first kappa shape index (κ1) is 10.1. The number of aromatic nitrogens is 1. The average Bonchev–Trinajstić information content (AvgIpc) is 3.09. The predicted octanol–water partition coefficient (Wildman–Crippen LogP) is 0.783. The summed E-state index contributed by atoms with van der Waals surface area (Å²) < 4.78 is 0. The second kappa shape index (κ2) is 3.62. The normalized spacial score (nSPS) is 17.2. The Morgan fingerprint density at radius 3 is 2.60 bits per heavy atom. The zero-order valence-corrected chi connectivity index (χ0v) is 8.81. The largest absolute Gasteiger partial charge is 0.329 e. The zero-order valence-electron chi connectivity index (χ0n) is 8.81. The molecule has 2 rings (SSSR count). The van der Waals surface area contributed by atoms with Gasteiger partial charge >= 0.3 is 0 Å². The Kier molecular flexibility index (Phi) is 2.44. The number of pyridine rings is 1. The lowest BCUT2D eigenvalue weighted by molar-refractivity contribution is -0.123. The van der Waals surface area contributed by atoms with E-state index >= 15 is 0 Å². The van der Waals surface area contributed by atoms with E-state index in [1.165, 1.54) is 0 Å². The number of amides is 1. The molecule has 0 saturated heterocycles. The number of nitrogens with two attached hydrogens (primary N) is 1. The number of nitrogens with zero attached hydrogens (tertiary/aromatic N) is 2. The molecule has 0 bridgehead atoms. The highest BCUT2D eigenvalue weighted by Gasteiger charge is 2.50. The van der Waals surface area contributed by atoms with Gasteiger partial charge in [0.15, 0.2) is 0 Å². The molecular weight excluding hydrogens is 190 g/mol. The topological polar surface area (TPSA) is 59.2 Å². The molecule has 0 atom stereocenters. The molecule has 1 aromatic rings. The van der Waals surface area contributed by atoms with Crippen molar-refractivity contribution in [2.75, 3.05) is 18.5 Å². The van der Waals surface area contributed by atoms with Gasteiger partial charge in [-0.1, -0.05) is 0 Å². The van der Waals surface area contributed by atoms with Crippen molar-refractivity contribution in [3.8, 4) is 0 Å². The minimum atomic E-state index is -0.280. The van der Waals surface area contributed by atoms with Crippen LogP contribution >= 0.6 is 0 Å². The first-order valence-corrected chi connectivity index (χ1v) is 5.08.